The minimum absolute atomic E-state index is 0.0539. The maximum absolute atomic E-state index is 6.88. The van der Waals surface area contributed by atoms with Crippen molar-refractivity contribution in [3.8, 4) is 56.0 Å². The fourth-order valence-electron chi connectivity index (χ4n) is 8.79. The molecule has 0 aromatic heterocycles. The molecule has 0 fully saturated rings. The molecule has 1 aliphatic heterocycles. The summed E-state index contributed by atoms with van der Waals surface area (Å²) in [7, 11) is 0. The van der Waals surface area contributed by atoms with Crippen molar-refractivity contribution in [3.05, 3.63) is 174 Å². The van der Waals surface area contributed by atoms with Crippen molar-refractivity contribution in [3.63, 3.8) is 0 Å². The number of hydrogen-bond acceptors (Lipinski definition) is 2. The molecule has 0 radical (unpaired) electrons. The van der Waals surface area contributed by atoms with Crippen molar-refractivity contribution < 1.29 is 4.74 Å². The van der Waals surface area contributed by atoms with E-state index < -0.39 is 0 Å². The van der Waals surface area contributed by atoms with E-state index >= 15 is 0 Å². The molecule has 0 N–H and O–H groups in total. The molecule has 10 rings (SSSR count). The molecule has 0 spiro atoms. The zero-order valence-corrected chi connectivity index (χ0v) is 28.8. The van der Waals surface area contributed by atoms with E-state index in [1.54, 1.807) is 0 Å². The molecule has 2 aliphatic carbocycles. The van der Waals surface area contributed by atoms with Crippen LogP contribution in [0.5, 0.6) is 11.5 Å². The maximum atomic E-state index is 6.88. The number of nitrogens with zero attached hydrogens (tertiary/aromatic N) is 1. The van der Waals surface area contributed by atoms with Crippen molar-refractivity contribution >= 4 is 17.1 Å². The van der Waals surface area contributed by atoms with E-state index in [0.29, 0.717) is 0 Å². The zero-order chi connectivity index (χ0) is 33.8. The molecule has 50 heavy (non-hydrogen) atoms. The molecule has 1 heterocycles. The van der Waals surface area contributed by atoms with E-state index in [9.17, 15) is 0 Å². The van der Waals surface area contributed by atoms with Crippen LogP contribution < -0.4 is 9.64 Å². The van der Waals surface area contributed by atoms with Crippen LogP contribution in [-0.4, -0.2) is 0 Å². The molecular formula is C48H37NO. The predicted octanol–water partition coefficient (Wildman–Crippen LogP) is 13.2. The molecule has 0 atom stereocenters. The fraction of sp³-hybridized carbons (Fsp3) is 0.125. The average Bonchev–Trinajstić information content (AvgIpc) is 3.52. The fourth-order valence-corrected chi connectivity index (χ4v) is 8.79. The van der Waals surface area contributed by atoms with Crippen molar-refractivity contribution in [2.75, 3.05) is 4.90 Å². The van der Waals surface area contributed by atoms with Crippen LogP contribution in [0.4, 0.5) is 17.1 Å². The lowest BCUT2D eigenvalue weighted by Gasteiger charge is -2.33. The van der Waals surface area contributed by atoms with Crippen molar-refractivity contribution in [1.29, 1.82) is 0 Å². The van der Waals surface area contributed by atoms with Gasteiger partial charge in [0.25, 0.3) is 0 Å². The first-order valence-electron chi connectivity index (χ1n) is 17.6. The van der Waals surface area contributed by atoms with Gasteiger partial charge in [-0.3, -0.25) is 0 Å². The Labute approximate surface area is 294 Å². The highest BCUT2D eigenvalue weighted by atomic mass is 16.5. The largest absolute Gasteiger partial charge is 0.453 e. The zero-order valence-electron chi connectivity index (χ0n) is 28.8. The van der Waals surface area contributed by atoms with Gasteiger partial charge >= 0.3 is 0 Å². The Hall–Kier alpha value is -5.86. The number of fused-ring (bicyclic) bond motifs is 8. The van der Waals surface area contributed by atoms with Gasteiger partial charge in [0.15, 0.2) is 11.5 Å². The standard InChI is InChI=1S/C48H37NO/c1-47(2)39-16-10-8-14-35(39)37-22-18-30(26-41(37)47)32-20-24-43-45(28-32)50-46-29-33(21-25-44(46)49(43)34-12-6-5-7-13-34)31-19-23-38-36-15-9-11-17-40(36)48(3,4)42(38)27-31/h5-29H,1-4H3. The van der Waals surface area contributed by atoms with Gasteiger partial charge in [-0.25, -0.2) is 0 Å². The Balaban J connectivity index is 1.07. The Bertz CT molecular complexity index is 2370. The predicted molar refractivity (Wildman–Crippen MR) is 207 cm³/mol. The lowest BCUT2D eigenvalue weighted by Crippen LogP contribution is -2.16. The highest BCUT2D eigenvalue weighted by molar-refractivity contribution is 5.91. The summed E-state index contributed by atoms with van der Waals surface area (Å²) >= 11 is 0. The van der Waals surface area contributed by atoms with Gasteiger partial charge in [-0.15, -0.1) is 0 Å². The molecule has 0 bridgehead atoms. The molecule has 0 saturated carbocycles. The number of benzene rings is 7. The normalized spacial score (nSPS) is 15.2. The van der Waals surface area contributed by atoms with E-state index in [-0.39, 0.29) is 10.8 Å². The molecule has 2 heteroatoms. The van der Waals surface area contributed by atoms with Crippen LogP contribution in [0, 0.1) is 0 Å². The third kappa shape index (κ3) is 4.08. The van der Waals surface area contributed by atoms with Crippen LogP contribution in [0.15, 0.2) is 152 Å². The SMILES string of the molecule is CC1(C)c2ccccc2-c2ccc(-c3ccc4c(c3)Oc3cc(-c5ccc6c(c5)C(C)(C)c5ccccc5-6)ccc3N4c3ccccc3)cc21. The Morgan fingerprint density at radius 2 is 0.780 bits per heavy atom. The summed E-state index contributed by atoms with van der Waals surface area (Å²) in [5.74, 6) is 1.70. The molecule has 0 amide bonds. The number of anilines is 3. The summed E-state index contributed by atoms with van der Waals surface area (Å²) in [6.45, 7) is 9.35. The van der Waals surface area contributed by atoms with Gasteiger partial charge in [0.2, 0.25) is 0 Å². The van der Waals surface area contributed by atoms with E-state index in [2.05, 4.69) is 184 Å². The van der Waals surface area contributed by atoms with Crippen LogP contribution in [0.2, 0.25) is 0 Å². The third-order valence-electron chi connectivity index (χ3n) is 11.5. The van der Waals surface area contributed by atoms with Gasteiger partial charge in [-0.05, 0) is 115 Å². The minimum Gasteiger partial charge on any atom is -0.453 e. The summed E-state index contributed by atoms with van der Waals surface area (Å²) in [4.78, 5) is 2.33. The second-order valence-electron chi connectivity index (χ2n) is 15.0. The molecule has 0 unspecified atom stereocenters. The van der Waals surface area contributed by atoms with E-state index in [1.807, 2.05) is 0 Å². The topological polar surface area (TPSA) is 12.5 Å². The van der Waals surface area contributed by atoms with Crippen molar-refractivity contribution in [2.45, 2.75) is 38.5 Å². The van der Waals surface area contributed by atoms with Gasteiger partial charge in [0.05, 0.1) is 11.4 Å². The van der Waals surface area contributed by atoms with E-state index in [4.69, 9.17) is 4.74 Å². The third-order valence-corrected chi connectivity index (χ3v) is 11.5. The van der Waals surface area contributed by atoms with Gasteiger partial charge in [0.1, 0.15) is 0 Å². The lowest BCUT2D eigenvalue weighted by atomic mass is 9.81. The van der Waals surface area contributed by atoms with Crippen LogP contribution >= 0.6 is 0 Å². The molecule has 7 aromatic carbocycles. The number of para-hydroxylation sites is 1. The highest BCUT2D eigenvalue weighted by Crippen LogP contribution is 2.54. The van der Waals surface area contributed by atoms with Gasteiger partial charge < -0.3 is 9.64 Å². The molecular weight excluding hydrogens is 607 g/mol. The van der Waals surface area contributed by atoms with Gasteiger partial charge in [-0.2, -0.15) is 0 Å². The number of ether oxygens (including phenoxy) is 1. The summed E-state index contributed by atoms with van der Waals surface area (Å²) < 4.78 is 6.88. The molecule has 3 aliphatic rings. The van der Waals surface area contributed by atoms with Gasteiger partial charge in [-0.1, -0.05) is 131 Å². The van der Waals surface area contributed by atoms with Crippen LogP contribution in [0.3, 0.4) is 0 Å². The summed E-state index contributed by atoms with van der Waals surface area (Å²) in [5.41, 5.74) is 18.6. The van der Waals surface area contributed by atoms with Crippen molar-refractivity contribution in [2.24, 2.45) is 0 Å². The average molecular weight is 644 g/mol. The summed E-state index contributed by atoms with van der Waals surface area (Å²) in [5, 5.41) is 0. The summed E-state index contributed by atoms with van der Waals surface area (Å²) in [6, 6.07) is 55.4. The Morgan fingerprint density at radius 1 is 0.380 bits per heavy atom. The highest BCUT2D eigenvalue weighted by Gasteiger charge is 2.37. The first-order chi connectivity index (χ1) is 24.3. The Kier molecular flexibility index (Phi) is 6.01. The smallest absolute Gasteiger partial charge is 0.152 e. The Morgan fingerprint density at radius 3 is 1.28 bits per heavy atom. The number of hydrogen-bond donors (Lipinski definition) is 0. The van der Waals surface area contributed by atoms with Crippen LogP contribution in [0.1, 0.15) is 49.9 Å². The van der Waals surface area contributed by atoms with E-state index in [0.717, 1.165) is 39.7 Å². The second kappa shape index (κ2) is 10.3. The number of rotatable bonds is 3. The molecule has 7 aromatic rings. The second-order valence-corrected chi connectivity index (χ2v) is 15.0. The molecule has 2 nitrogen and oxygen atoms in total. The van der Waals surface area contributed by atoms with E-state index in [1.165, 1.54) is 55.6 Å². The molecule has 240 valence electrons. The monoisotopic (exact) mass is 643 g/mol. The van der Waals surface area contributed by atoms with Crippen LogP contribution in [-0.2, 0) is 10.8 Å². The minimum atomic E-state index is -0.0539. The quantitative estimate of drug-likeness (QED) is 0.190. The maximum Gasteiger partial charge on any atom is 0.152 e. The summed E-state index contributed by atoms with van der Waals surface area (Å²) in [6.07, 6.45) is 0. The van der Waals surface area contributed by atoms with Crippen molar-refractivity contribution in [1.82, 2.24) is 0 Å². The first kappa shape index (κ1) is 29.1. The lowest BCUT2D eigenvalue weighted by molar-refractivity contribution is 0.477. The van der Waals surface area contributed by atoms with Gasteiger partial charge in [0, 0.05) is 16.5 Å². The molecule has 0 saturated heterocycles. The first-order valence-corrected chi connectivity index (χ1v) is 17.6. The van der Waals surface area contributed by atoms with Crippen LogP contribution in [0.25, 0.3) is 44.5 Å².